The number of anilines is 1. The minimum absolute atomic E-state index is 0.0804. The molecular weight excluding hydrogens is 344 g/mol. The summed E-state index contributed by atoms with van der Waals surface area (Å²) in [4.78, 5) is 29.1. The van der Waals surface area contributed by atoms with E-state index in [2.05, 4.69) is 29.9 Å². The number of ketones is 1. The van der Waals surface area contributed by atoms with E-state index in [0.717, 1.165) is 67.2 Å². The van der Waals surface area contributed by atoms with Crippen LogP contribution in [0.15, 0.2) is 23.1 Å². The van der Waals surface area contributed by atoms with Gasteiger partial charge in [-0.15, -0.1) is 0 Å². The van der Waals surface area contributed by atoms with Gasteiger partial charge in [0, 0.05) is 31.1 Å². The SMILES string of the molecule is O=C(CCCN1CCC1)c1noc2c1CN(c1ncnc3[nH]ccc13)CC2. The van der Waals surface area contributed by atoms with E-state index in [0.29, 0.717) is 18.7 Å². The summed E-state index contributed by atoms with van der Waals surface area (Å²) in [7, 11) is 0. The number of fused-ring (bicyclic) bond motifs is 2. The molecule has 0 atom stereocenters. The third-order valence-corrected chi connectivity index (χ3v) is 5.55. The van der Waals surface area contributed by atoms with Crippen molar-refractivity contribution < 1.29 is 9.32 Å². The lowest BCUT2D eigenvalue weighted by molar-refractivity contribution is 0.0958. The number of aromatic nitrogens is 4. The average molecular weight is 366 g/mol. The van der Waals surface area contributed by atoms with Gasteiger partial charge in [-0.25, -0.2) is 9.97 Å². The second-order valence-electron chi connectivity index (χ2n) is 7.26. The number of likely N-dealkylation sites (tertiary alicyclic amines) is 1. The monoisotopic (exact) mass is 366 g/mol. The Hall–Kier alpha value is -2.74. The molecule has 8 heteroatoms. The van der Waals surface area contributed by atoms with Crippen LogP contribution in [0.5, 0.6) is 0 Å². The fourth-order valence-electron chi connectivity index (χ4n) is 3.91. The van der Waals surface area contributed by atoms with Crippen molar-refractivity contribution >= 4 is 22.6 Å². The molecular formula is C19H22N6O2. The average Bonchev–Trinajstić information content (AvgIpc) is 3.29. The summed E-state index contributed by atoms with van der Waals surface area (Å²) in [6.45, 7) is 4.68. The lowest BCUT2D eigenvalue weighted by Crippen LogP contribution is -2.37. The van der Waals surface area contributed by atoms with Gasteiger partial charge in [-0.2, -0.15) is 0 Å². The summed E-state index contributed by atoms with van der Waals surface area (Å²) in [5, 5.41) is 5.09. The van der Waals surface area contributed by atoms with Crippen LogP contribution >= 0.6 is 0 Å². The number of hydrogen-bond acceptors (Lipinski definition) is 7. The van der Waals surface area contributed by atoms with Gasteiger partial charge in [0.25, 0.3) is 0 Å². The highest BCUT2D eigenvalue weighted by Crippen LogP contribution is 2.29. The summed E-state index contributed by atoms with van der Waals surface area (Å²) in [6, 6.07) is 1.98. The maximum absolute atomic E-state index is 12.7. The van der Waals surface area contributed by atoms with Crippen molar-refractivity contribution in [2.75, 3.05) is 31.1 Å². The van der Waals surface area contributed by atoms with E-state index >= 15 is 0 Å². The topological polar surface area (TPSA) is 91.2 Å². The number of rotatable bonds is 6. The summed E-state index contributed by atoms with van der Waals surface area (Å²) in [5.41, 5.74) is 2.23. The largest absolute Gasteiger partial charge is 0.360 e. The molecule has 27 heavy (non-hydrogen) atoms. The zero-order chi connectivity index (χ0) is 18.2. The molecule has 1 saturated heterocycles. The van der Waals surface area contributed by atoms with Gasteiger partial charge >= 0.3 is 0 Å². The van der Waals surface area contributed by atoms with E-state index in [1.165, 1.54) is 6.42 Å². The second kappa shape index (κ2) is 6.77. The van der Waals surface area contributed by atoms with Crippen LogP contribution in [-0.2, 0) is 13.0 Å². The first kappa shape index (κ1) is 16.4. The minimum Gasteiger partial charge on any atom is -0.360 e. The summed E-state index contributed by atoms with van der Waals surface area (Å²) in [6.07, 6.45) is 6.83. The quantitative estimate of drug-likeness (QED) is 0.669. The Balaban J connectivity index is 1.33. The molecule has 0 radical (unpaired) electrons. The number of H-pyrrole nitrogens is 1. The molecule has 0 unspecified atom stereocenters. The number of nitrogens with one attached hydrogen (secondary N) is 1. The fourth-order valence-corrected chi connectivity index (χ4v) is 3.91. The molecule has 0 aromatic carbocycles. The fraction of sp³-hybridized carbons (Fsp3) is 0.474. The highest BCUT2D eigenvalue weighted by atomic mass is 16.5. The van der Waals surface area contributed by atoms with Gasteiger partial charge < -0.3 is 19.3 Å². The van der Waals surface area contributed by atoms with Gasteiger partial charge in [0.15, 0.2) is 11.5 Å². The predicted octanol–water partition coefficient (Wildman–Crippen LogP) is 2.18. The zero-order valence-corrected chi connectivity index (χ0v) is 15.1. The third kappa shape index (κ3) is 2.99. The minimum atomic E-state index is 0.0804. The molecule has 1 fully saturated rings. The van der Waals surface area contributed by atoms with Crippen molar-refractivity contribution in [2.45, 2.75) is 32.2 Å². The molecule has 8 nitrogen and oxygen atoms in total. The summed E-state index contributed by atoms with van der Waals surface area (Å²) >= 11 is 0. The smallest absolute Gasteiger partial charge is 0.185 e. The van der Waals surface area contributed by atoms with E-state index in [-0.39, 0.29) is 5.78 Å². The van der Waals surface area contributed by atoms with Crippen molar-refractivity contribution in [3.63, 3.8) is 0 Å². The molecule has 0 saturated carbocycles. The lowest BCUT2D eigenvalue weighted by Gasteiger charge is -2.30. The maximum atomic E-state index is 12.7. The Morgan fingerprint density at radius 3 is 3.04 bits per heavy atom. The van der Waals surface area contributed by atoms with Gasteiger partial charge in [0.1, 0.15) is 23.6 Å². The molecule has 5 heterocycles. The molecule has 3 aromatic heterocycles. The van der Waals surface area contributed by atoms with Crippen molar-refractivity contribution in [3.8, 4) is 0 Å². The number of carbonyl (C=O) groups excluding carboxylic acids is 1. The van der Waals surface area contributed by atoms with Crippen molar-refractivity contribution in [3.05, 3.63) is 35.6 Å². The molecule has 0 aliphatic carbocycles. The first-order chi connectivity index (χ1) is 13.3. The molecule has 0 amide bonds. The van der Waals surface area contributed by atoms with Gasteiger partial charge in [-0.1, -0.05) is 5.16 Å². The summed E-state index contributed by atoms with van der Waals surface area (Å²) in [5.74, 6) is 1.79. The van der Waals surface area contributed by atoms with E-state index < -0.39 is 0 Å². The number of hydrogen-bond donors (Lipinski definition) is 1. The van der Waals surface area contributed by atoms with E-state index in [1.807, 2.05) is 12.3 Å². The standard InChI is InChI=1S/C19H22N6O2/c26-15(3-1-7-24-8-2-9-24)17-14-11-25(10-5-16(14)27-23-17)19-13-4-6-20-18(13)21-12-22-19/h4,6,12H,1-3,5,7-11H2,(H,20,21,22). The highest BCUT2D eigenvalue weighted by molar-refractivity contribution is 5.96. The van der Waals surface area contributed by atoms with Crippen molar-refractivity contribution in [2.24, 2.45) is 0 Å². The van der Waals surface area contributed by atoms with Gasteiger partial charge in [0.2, 0.25) is 0 Å². The van der Waals surface area contributed by atoms with Crippen LogP contribution in [0.4, 0.5) is 5.82 Å². The predicted molar refractivity (Wildman–Crippen MR) is 99.8 cm³/mol. The van der Waals surface area contributed by atoms with E-state index in [1.54, 1.807) is 6.33 Å². The third-order valence-electron chi connectivity index (χ3n) is 5.55. The van der Waals surface area contributed by atoms with Crippen LogP contribution < -0.4 is 4.90 Å². The van der Waals surface area contributed by atoms with Crippen LogP contribution in [0.1, 0.15) is 41.1 Å². The molecule has 2 aliphatic rings. The Kier molecular flexibility index (Phi) is 4.12. The Morgan fingerprint density at radius 2 is 2.19 bits per heavy atom. The Morgan fingerprint density at radius 1 is 1.26 bits per heavy atom. The molecule has 0 spiro atoms. The molecule has 3 aromatic rings. The van der Waals surface area contributed by atoms with Crippen LogP contribution in [-0.4, -0.2) is 57.0 Å². The van der Waals surface area contributed by atoms with Crippen LogP contribution in [0.25, 0.3) is 11.0 Å². The summed E-state index contributed by atoms with van der Waals surface area (Å²) < 4.78 is 5.48. The van der Waals surface area contributed by atoms with E-state index in [4.69, 9.17) is 4.52 Å². The molecule has 140 valence electrons. The Bertz CT molecular complexity index is 974. The van der Waals surface area contributed by atoms with Gasteiger partial charge in [-0.3, -0.25) is 4.79 Å². The Labute approximate surface area is 156 Å². The number of aromatic amines is 1. The maximum Gasteiger partial charge on any atom is 0.185 e. The molecule has 5 rings (SSSR count). The van der Waals surface area contributed by atoms with Crippen LogP contribution in [0.2, 0.25) is 0 Å². The van der Waals surface area contributed by atoms with E-state index in [9.17, 15) is 4.79 Å². The number of Topliss-reactive ketones (excluding diaryl/α,β-unsaturated/α-hetero) is 1. The number of nitrogens with zero attached hydrogens (tertiary/aromatic N) is 5. The lowest BCUT2D eigenvalue weighted by atomic mass is 10.0. The first-order valence-electron chi connectivity index (χ1n) is 9.55. The van der Waals surface area contributed by atoms with Crippen LogP contribution in [0, 0.1) is 0 Å². The van der Waals surface area contributed by atoms with Crippen molar-refractivity contribution in [1.29, 1.82) is 0 Å². The van der Waals surface area contributed by atoms with Crippen molar-refractivity contribution in [1.82, 2.24) is 25.0 Å². The first-order valence-corrected chi connectivity index (χ1v) is 9.55. The second-order valence-corrected chi connectivity index (χ2v) is 7.26. The van der Waals surface area contributed by atoms with Gasteiger partial charge in [0.05, 0.1) is 11.9 Å². The highest BCUT2D eigenvalue weighted by Gasteiger charge is 2.29. The number of carbonyl (C=O) groups is 1. The zero-order valence-electron chi connectivity index (χ0n) is 15.1. The molecule has 2 aliphatic heterocycles. The van der Waals surface area contributed by atoms with Crippen LogP contribution in [0.3, 0.4) is 0 Å². The van der Waals surface area contributed by atoms with Gasteiger partial charge in [-0.05, 0) is 38.5 Å². The molecule has 1 N–H and O–H groups in total. The molecule has 0 bridgehead atoms. The normalized spacial score (nSPS) is 17.1.